The fourth-order valence-corrected chi connectivity index (χ4v) is 2.32. The molecule has 0 atom stereocenters. The van der Waals surface area contributed by atoms with Crippen LogP contribution in [0.4, 0.5) is 0 Å². The summed E-state index contributed by atoms with van der Waals surface area (Å²) in [5.74, 6) is -0.951. The predicted octanol–water partition coefficient (Wildman–Crippen LogP) is 0.288. The molecule has 0 aliphatic carbocycles. The Hall–Kier alpha value is -1.69. The van der Waals surface area contributed by atoms with Gasteiger partial charge in [0.25, 0.3) is 0 Å². The van der Waals surface area contributed by atoms with E-state index < -0.39 is 11.7 Å². The molecule has 0 unspecified atom stereocenters. The Morgan fingerprint density at radius 1 is 1.39 bits per heavy atom. The van der Waals surface area contributed by atoms with Gasteiger partial charge in [0.15, 0.2) is 0 Å². The zero-order chi connectivity index (χ0) is 13.3. The van der Waals surface area contributed by atoms with Gasteiger partial charge in [0.2, 0.25) is 0 Å². The van der Waals surface area contributed by atoms with Crippen LogP contribution in [0.3, 0.4) is 0 Å². The molecule has 18 heavy (non-hydrogen) atoms. The summed E-state index contributed by atoms with van der Waals surface area (Å²) in [5.41, 5.74) is 0.194. The SMILES string of the molecule is CN1CCC(c2nc(=O)n(C)cc2C(=O)O)CC1. The highest BCUT2D eigenvalue weighted by atomic mass is 16.4. The average molecular weight is 251 g/mol. The van der Waals surface area contributed by atoms with E-state index in [4.69, 9.17) is 0 Å². The molecule has 0 aromatic carbocycles. The molecule has 2 rings (SSSR count). The van der Waals surface area contributed by atoms with E-state index in [-0.39, 0.29) is 11.5 Å². The molecule has 0 saturated carbocycles. The van der Waals surface area contributed by atoms with Gasteiger partial charge in [-0.25, -0.2) is 9.59 Å². The van der Waals surface area contributed by atoms with Crippen LogP contribution in [0.2, 0.25) is 0 Å². The van der Waals surface area contributed by atoms with Crippen LogP contribution in [-0.2, 0) is 7.05 Å². The molecule has 0 radical (unpaired) electrons. The first-order valence-corrected chi connectivity index (χ1v) is 5.98. The molecule has 1 aliphatic heterocycles. The minimum absolute atomic E-state index is 0.0706. The molecule has 1 aliphatic rings. The number of carboxylic acid groups (broad SMARTS) is 1. The van der Waals surface area contributed by atoms with Gasteiger partial charge in [0, 0.05) is 19.2 Å². The van der Waals surface area contributed by atoms with Gasteiger partial charge in [0.05, 0.1) is 11.3 Å². The molecular formula is C12H17N3O3. The van der Waals surface area contributed by atoms with Crippen LogP contribution < -0.4 is 5.69 Å². The van der Waals surface area contributed by atoms with Gasteiger partial charge in [-0.15, -0.1) is 0 Å². The van der Waals surface area contributed by atoms with Crippen molar-refractivity contribution >= 4 is 5.97 Å². The van der Waals surface area contributed by atoms with Crippen molar-refractivity contribution in [2.75, 3.05) is 20.1 Å². The molecule has 6 heteroatoms. The van der Waals surface area contributed by atoms with Gasteiger partial charge in [-0.05, 0) is 33.0 Å². The maximum atomic E-state index is 11.6. The van der Waals surface area contributed by atoms with E-state index in [1.54, 1.807) is 0 Å². The summed E-state index contributed by atoms with van der Waals surface area (Å²) in [6, 6.07) is 0. The van der Waals surface area contributed by atoms with Crippen molar-refractivity contribution in [2.45, 2.75) is 18.8 Å². The monoisotopic (exact) mass is 251 g/mol. The first-order chi connectivity index (χ1) is 8.49. The van der Waals surface area contributed by atoms with E-state index in [0.717, 1.165) is 25.9 Å². The van der Waals surface area contributed by atoms with Crippen LogP contribution in [0.15, 0.2) is 11.0 Å². The van der Waals surface area contributed by atoms with Gasteiger partial charge in [-0.2, -0.15) is 4.98 Å². The van der Waals surface area contributed by atoms with E-state index >= 15 is 0 Å². The van der Waals surface area contributed by atoms with Crippen molar-refractivity contribution < 1.29 is 9.90 Å². The molecule has 1 fully saturated rings. The fourth-order valence-electron chi connectivity index (χ4n) is 2.32. The zero-order valence-electron chi connectivity index (χ0n) is 10.6. The lowest BCUT2D eigenvalue weighted by Gasteiger charge is -2.29. The van der Waals surface area contributed by atoms with Crippen LogP contribution in [-0.4, -0.2) is 45.7 Å². The molecule has 1 aromatic heterocycles. The number of aryl methyl sites for hydroxylation is 1. The number of aromatic nitrogens is 2. The Bertz CT molecular complexity index is 516. The summed E-state index contributed by atoms with van der Waals surface area (Å²) in [4.78, 5) is 28.9. The third kappa shape index (κ3) is 2.43. The van der Waals surface area contributed by atoms with Gasteiger partial charge in [-0.1, -0.05) is 0 Å². The fraction of sp³-hybridized carbons (Fsp3) is 0.583. The first kappa shape index (κ1) is 12.8. The minimum atomic E-state index is -1.02. The second kappa shape index (κ2) is 4.89. The first-order valence-electron chi connectivity index (χ1n) is 5.98. The number of aromatic carboxylic acids is 1. The van der Waals surface area contributed by atoms with E-state index in [1.165, 1.54) is 17.8 Å². The second-order valence-corrected chi connectivity index (χ2v) is 4.82. The smallest absolute Gasteiger partial charge is 0.347 e. The second-order valence-electron chi connectivity index (χ2n) is 4.82. The van der Waals surface area contributed by atoms with Crippen LogP contribution in [0.25, 0.3) is 0 Å². The molecule has 1 saturated heterocycles. The number of carboxylic acids is 1. The van der Waals surface area contributed by atoms with E-state index in [0.29, 0.717) is 5.69 Å². The number of rotatable bonds is 2. The van der Waals surface area contributed by atoms with Gasteiger partial charge in [0.1, 0.15) is 0 Å². The highest BCUT2D eigenvalue weighted by Crippen LogP contribution is 2.27. The van der Waals surface area contributed by atoms with Crippen molar-refractivity contribution in [3.63, 3.8) is 0 Å². The summed E-state index contributed by atoms with van der Waals surface area (Å²) in [6.07, 6.45) is 3.05. The quantitative estimate of drug-likeness (QED) is 0.817. The molecule has 1 N–H and O–H groups in total. The number of likely N-dealkylation sites (tertiary alicyclic amines) is 1. The lowest BCUT2D eigenvalue weighted by molar-refractivity contribution is 0.0692. The minimum Gasteiger partial charge on any atom is -0.478 e. The van der Waals surface area contributed by atoms with Crippen molar-refractivity contribution in [1.82, 2.24) is 14.5 Å². The van der Waals surface area contributed by atoms with Crippen molar-refractivity contribution in [1.29, 1.82) is 0 Å². The predicted molar refractivity (Wildman–Crippen MR) is 65.9 cm³/mol. The van der Waals surface area contributed by atoms with Crippen LogP contribution in [0, 0.1) is 0 Å². The van der Waals surface area contributed by atoms with Crippen molar-refractivity contribution in [2.24, 2.45) is 7.05 Å². The van der Waals surface area contributed by atoms with Crippen LogP contribution >= 0.6 is 0 Å². The standard InChI is InChI=1S/C12H17N3O3/c1-14-5-3-8(4-6-14)10-9(11(16)17)7-15(2)12(18)13-10/h7-8H,3-6H2,1-2H3,(H,16,17). The maximum absolute atomic E-state index is 11.6. The Morgan fingerprint density at radius 3 is 2.56 bits per heavy atom. The molecule has 6 nitrogen and oxygen atoms in total. The number of hydrogen-bond donors (Lipinski definition) is 1. The number of nitrogens with zero attached hydrogens (tertiary/aromatic N) is 3. The largest absolute Gasteiger partial charge is 0.478 e. The van der Waals surface area contributed by atoms with E-state index in [9.17, 15) is 14.7 Å². The lowest BCUT2D eigenvalue weighted by atomic mass is 9.91. The maximum Gasteiger partial charge on any atom is 0.347 e. The summed E-state index contributed by atoms with van der Waals surface area (Å²) in [5, 5.41) is 9.20. The zero-order valence-corrected chi connectivity index (χ0v) is 10.6. The topological polar surface area (TPSA) is 75.4 Å². The van der Waals surface area contributed by atoms with Crippen molar-refractivity contribution in [3.8, 4) is 0 Å². The molecule has 0 bridgehead atoms. The Labute approximate surface area is 105 Å². The molecule has 0 amide bonds. The Kier molecular flexibility index (Phi) is 3.47. The Balaban J connectivity index is 2.40. The summed E-state index contributed by atoms with van der Waals surface area (Å²) in [7, 11) is 3.55. The van der Waals surface area contributed by atoms with Gasteiger partial charge < -0.3 is 14.6 Å². The highest BCUT2D eigenvalue weighted by molar-refractivity contribution is 5.88. The number of hydrogen-bond acceptors (Lipinski definition) is 4. The molecule has 98 valence electrons. The molecule has 0 spiro atoms. The Morgan fingerprint density at radius 2 is 2.00 bits per heavy atom. The van der Waals surface area contributed by atoms with Crippen molar-refractivity contribution in [3.05, 3.63) is 27.9 Å². The molecular weight excluding hydrogens is 234 g/mol. The van der Waals surface area contributed by atoms with Crippen LogP contribution in [0.5, 0.6) is 0 Å². The molecule has 2 heterocycles. The summed E-state index contributed by atoms with van der Waals surface area (Å²) >= 11 is 0. The third-order valence-electron chi connectivity index (χ3n) is 3.45. The lowest BCUT2D eigenvalue weighted by Crippen LogP contribution is -2.32. The number of piperidine rings is 1. The third-order valence-corrected chi connectivity index (χ3v) is 3.45. The van der Waals surface area contributed by atoms with Gasteiger partial charge in [-0.3, -0.25) is 0 Å². The average Bonchev–Trinajstić information content (AvgIpc) is 2.33. The normalized spacial score (nSPS) is 17.9. The summed E-state index contributed by atoms with van der Waals surface area (Å²) < 4.78 is 1.21. The molecule has 1 aromatic rings. The highest BCUT2D eigenvalue weighted by Gasteiger charge is 2.25. The van der Waals surface area contributed by atoms with E-state index in [1.807, 2.05) is 7.05 Å². The van der Waals surface area contributed by atoms with Gasteiger partial charge >= 0.3 is 11.7 Å². The van der Waals surface area contributed by atoms with E-state index in [2.05, 4.69) is 9.88 Å². The number of carbonyl (C=O) groups is 1. The van der Waals surface area contributed by atoms with Crippen LogP contribution in [0.1, 0.15) is 34.8 Å². The summed E-state index contributed by atoms with van der Waals surface area (Å²) in [6.45, 7) is 1.81.